The molecule has 2 aliphatic rings. The zero-order chi connectivity index (χ0) is 41.3. The van der Waals surface area contributed by atoms with Crippen LogP contribution in [0.15, 0.2) is 218 Å². The van der Waals surface area contributed by atoms with Crippen LogP contribution >= 0.6 is 0 Å². The maximum absolute atomic E-state index is 9.60. The maximum atomic E-state index is 9.60. The molecule has 1 spiro atoms. The lowest BCUT2D eigenvalue weighted by Crippen LogP contribution is -2.26. The fourth-order valence-corrected chi connectivity index (χ4v) is 9.36. The van der Waals surface area contributed by atoms with Crippen molar-refractivity contribution in [2.75, 3.05) is 11.9 Å². The minimum absolute atomic E-state index is 0.502. The van der Waals surface area contributed by atoms with E-state index in [1.807, 2.05) is 30.3 Å². The number of nitriles is 2. The molecule has 2 aliphatic carbocycles. The highest BCUT2D eigenvalue weighted by atomic mass is 15.1. The molecule has 0 saturated carbocycles. The molecule has 0 fully saturated rings. The summed E-state index contributed by atoms with van der Waals surface area (Å²) in [5.74, 6) is 0. The van der Waals surface area contributed by atoms with E-state index in [0.29, 0.717) is 11.1 Å². The molecule has 286 valence electrons. The van der Waals surface area contributed by atoms with E-state index in [0.717, 1.165) is 22.3 Å². The molecule has 0 aromatic heterocycles. The standard InChI is InChI=1S/C31H25N.C27H14N2/c1-32(30-17-9-4-10-18-30)31-19-11-16-26(23-31)29-21-27(24-12-5-2-6-13-24)20-28(22-29)25-14-7-3-8-15-25;28-15-17-9-11-21-22-12-10-18(16-29)14-26(22)27(25(21)13-17)23-7-3-1-5-19(23)20-6-2-4-8-24(20)27/h2-23H,1H3;1-14H. The number of para-hydroxylation sites is 1. The smallest absolute Gasteiger partial charge is 0.0991 e. The van der Waals surface area contributed by atoms with Gasteiger partial charge in [-0.2, -0.15) is 10.5 Å². The molecule has 3 heteroatoms. The molecule has 0 radical (unpaired) electrons. The molecule has 0 N–H and O–H groups in total. The summed E-state index contributed by atoms with van der Waals surface area (Å²) in [7, 11) is 2.12. The van der Waals surface area contributed by atoms with Gasteiger partial charge in [-0.15, -0.1) is 0 Å². The van der Waals surface area contributed by atoms with E-state index in [-0.39, 0.29) is 0 Å². The molecule has 0 heterocycles. The molecule has 0 aliphatic heterocycles. The number of hydrogen-bond donors (Lipinski definition) is 0. The summed E-state index contributed by atoms with van der Waals surface area (Å²) < 4.78 is 0. The first-order chi connectivity index (χ1) is 30.1. The predicted octanol–water partition coefficient (Wildman–Crippen LogP) is 14.2. The van der Waals surface area contributed by atoms with Crippen molar-refractivity contribution in [2.24, 2.45) is 0 Å². The van der Waals surface area contributed by atoms with Crippen molar-refractivity contribution < 1.29 is 0 Å². The van der Waals surface area contributed by atoms with Crippen molar-refractivity contribution in [1.82, 2.24) is 0 Å². The summed E-state index contributed by atoms with van der Waals surface area (Å²) in [6, 6.07) is 80.9. The van der Waals surface area contributed by atoms with Crippen LogP contribution in [0.2, 0.25) is 0 Å². The molecule has 11 rings (SSSR count). The number of anilines is 2. The highest BCUT2D eigenvalue weighted by Crippen LogP contribution is 2.62. The Hall–Kier alpha value is -8.24. The number of fused-ring (bicyclic) bond motifs is 10. The Labute approximate surface area is 357 Å². The SMILES string of the molecule is CN(c1ccccc1)c1cccc(-c2cc(-c3ccccc3)cc(-c3ccccc3)c2)c1.N#Cc1ccc2c(c1)C1(c3ccccc3-c3ccccc31)c1cc(C#N)ccc1-2. The zero-order valence-electron chi connectivity index (χ0n) is 33.6. The van der Waals surface area contributed by atoms with Gasteiger partial charge in [0.2, 0.25) is 0 Å². The number of rotatable bonds is 5. The minimum Gasteiger partial charge on any atom is -0.345 e. The summed E-state index contributed by atoms with van der Waals surface area (Å²) in [4.78, 5) is 2.22. The van der Waals surface area contributed by atoms with Gasteiger partial charge in [0.25, 0.3) is 0 Å². The zero-order valence-corrected chi connectivity index (χ0v) is 33.6. The van der Waals surface area contributed by atoms with Crippen molar-refractivity contribution in [3.63, 3.8) is 0 Å². The second-order valence-corrected chi connectivity index (χ2v) is 15.6. The van der Waals surface area contributed by atoms with Gasteiger partial charge in [0, 0.05) is 18.4 Å². The van der Waals surface area contributed by atoms with Crippen LogP contribution in [0.1, 0.15) is 33.4 Å². The Morgan fingerprint density at radius 1 is 0.328 bits per heavy atom. The Morgan fingerprint density at radius 3 is 1.21 bits per heavy atom. The second-order valence-electron chi connectivity index (χ2n) is 15.6. The Balaban J connectivity index is 0.000000147. The monoisotopic (exact) mass is 777 g/mol. The first-order valence-corrected chi connectivity index (χ1v) is 20.5. The van der Waals surface area contributed by atoms with Gasteiger partial charge in [0.05, 0.1) is 28.7 Å². The maximum Gasteiger partial charge on any atom is 0.0991 e. The molecule has 0 unspecified atom stereocenters. The van der Waals surface area contributed by atoms with Crippen LogP contribution in [-0.4, -0.2) is 7.05 Å². The molecule has 61 heavy (non-hydrogen) atoms. The number of hydrogen-bond acceptors (Lipinski definition) is 3. The van der Waals surface area contributed by atoms with E-state index in [1.54, 1.807) is 0 Å². The Kier molecular flexibility index (Phi) is 9.42. The van der Waals surface area contributed by atoms with Gasteiger partial charge in [-0.1, -0.05) is 152 Å². The van der Waals surface area contributed by atoms with E-state index in [4.69, 9.17) is 0 Å². The van der Waals surface area contributed by atoms with Crippen molar-refractivity contribution in [3.8, 4) is 67.8 Å². The first kappa shape index (κ1) is 37.1. The molecule has 3 nitrogen and oxygen atoms in total. The van der Waals surface area contributed by atoms with Gasteiger partial charge in [0.1, 0.15) is 0 Å². The molecule has 0 saturated heterocycles. The van der Waals surface area contributed by atoms with Gasteiger partial charge < -0.3 is 4.90 Å². The average molecular weight is 778 g/mol. The molecular formula is C58H39N3. The highest BCUT2D eigenvalue weighted by molar-refractivity contribution is 5.95. The van der Waals surface area contributed by atoms with Crippen LogP contribution in [0.5, 0.6) is 0 Å². The average Bonchev–Trinajstić information content (AvgIpc) is 3.81. The van der Waals surface area contributed by atoms with E-state index in [1.165, 1.54) is 67.0 Å². The molecular weight excluding hydrogens is 739 g/mol. The van der Waals surface area contributed by atoms with E-state index in [2.05, 4.69) is 212 Å². The Bertz CT molecular complexity index is 3000. The van der Waals surface area contributed by atoms with Gasteiger partial charge in [-0.3, -0.25) is 0 Å². The number of benzene rings is 9. The fraction of sp³-hybridized carbons (Fsp3) is 0.0345. The van der Waals surface area contributed by atoms with E-state index >= 15 is 0 Å². The van der Waals surface area contributed by atoms with Crippen LogP contribution in [-0.2, 0) is 5.41 Å². The van der Waals surface area contributed by atoms with Crippen LogP contribution in [0.25, 0.3) is 55.6 Å². The van der Waals surface area contributed by atoms with E-state index in [9.17, 15) is 10.5 Å². The Morgan fingerprint density at radius 2 is 0.721 bits per heavy atom. The molecule has 9 aromatic carbocycles. The van der Waals surface area contributed by atoms with Gasteiger partial charge in [-0.25, -0.2) is 0 Å². The van der Waals surface area contributed by atoms with Gasteiger partial charge in [0.15, 0.2) is 0 Å². The van der Waals surface area contributed by atoms with Crippen molar-refractivity contribution in [2.45, 2.75) is 5.41 Å². The normalized spacial score (nSPS) is 12.1. The summed E-state index contributed by atoms with van der Waals surface area (Å²) >= 11 is 0. The number of nitrogens with zero attached hydrogens (tertiary/aromatic N) is 3. The van der Waals surface area contributed by atoms with Gasteiger partial charge in [-0.05, 0) is 145 Å². The van der Waals surface area contributed by atoms with Crippen molar-refractivity contribution in [1.29, 1.82) is 10.5 Å². The molecule has 0 bridgehead atoms. The molecule has 9 aromatic rings. The molecule has 0 atom stereocenters. The highest BCUT2D eigenvalue weighted by Gasteiger charge is 2.51. The lowest BCUT2D eigenvalue weighted by Gasteiger charge is -2.30. The summed E-state index contributed by atoms with van der Waals surface area (Å²) in [5.41, 5.74) is 19.8. The lowest BCUT2D eigenvalue weighted by molar-refractivity contribution is 0.793. The lowest BCUT2D eigenvalue weighted by atomic mass is 9.70. The van der Waals surface area contributed by atoms with E-state index < -0.39 is 5.41 Å². The van der Waals surface area contributed by atoms with Crippen molar-refractivity contribution >= 4 is 11.4 Å². The second kappa shape index (κ2) is 15.5. The third-order valence-electron chi connectivity index (χ3n) is 12.2. The molecule has 0 amide bonds. The predicted molar refractivity (Wildman–Crippen MR) is 249 cm³/mol. The first-order valence-electron chi connectivity index (χ1n) is 20.5. The third-order valence-corrected chi connectivity index (χ3v) is 12.2. The largest absolute Gasteiger partial charge is 0.345 e. The fourth-order valence-electron chi connectivity index (χ4n) is 9.36. The van der Waals surface area contributed by atoms with Crippen LogP contribution in [0.3, 0.4) is 0 Å². The van der Waals surface area contributed by atoms with Crippen LogP contribution < -0.4 is 4.90 Å². The quantitative estimate of drug-likeness (QED) is 0.175. The van der Waals surface area contributed by atoms with Gasteiger partial charge >= 0.3 is 0 Å². The van der Waals surface area contributed by atoms with Crippen molar-refractivity contribution in [3.05, 3.63) is 252 Å². The topological polar surface area (TPSA) is 50.8 Å². The summed E-state index contributed by atoms with van der Waals surface area (Å²) in [6.45, 7) is 0. The van der Waals surface area contributed by atoms with Crippen LogP contribution in [0, 0.1) is 22.7 Å². The third kappa shape index (κ3) is 6.38. The summed E-state index contributed by atoms with van der Waals surface area (Å²) in [6.07, 6.45) is 0. The summed E-state index contributed by atoms with van der Waals surface area (Å²) in [5, 5.41) is 19.2. The minimum atomic E-state index is -0.502. The van der Waals surface area contributed by atoms with Crippen LogP contribution in [0.4, 0.5) is 11.4 Å².